The van der Waals surface area contributed by atoms with Crippen LogP contribution in [-0.4, -0.2) is 5.78 Å². The van der Waals surface area contributed by atoms with Gasteiger partial charge in [-0.25, -0.2) is 0 Å². The molecule has 1 nitrogen and oxygen atoms in total. The molecule has 1 aliphatic carbocycles. The van der Waals surface area contributed by atoms with Crippen LogP contribution in [0.25, 0.3) is 0 Å². The van der Waals surface area contributed by atoms with Crippen LogP contribution in [0, 0.1) is 0 Å². The lowest BCUT2D eigenvalue weighted by atomic mass is 10.1. The number of allylic oxidation sites excluding steroid dienone is 6. The molecule has 0 aromatic rings. The molecule has 0 radical (unpaired) electrons. The smallest absolute Gasteiger partial charge is 0.206 e. The highest BCUT2D eigenvalue weighted by molar-refractivity contribution is 9.13. The largest absolute Gasteiger partial charge is 0.287 e. The van der Waals surface area contributed by atoms with E-state index < -0.39 is 0 Å². The summed E-state index contributed by atoms with van der Waals surface area (Å²) in [5, 5.41) is 0. The minimum Gasteiger partial charge on any atom is -0.287 e. The minimum atomic E-state index is -0.00407. The molecule has 11 heavy (non-hydrogen) atoms. The Bertz CT molecular complexity index is 260. The molecule has 0 saturated carbocycles. The molecule has 1 aliphatic rings. The number of carbonyl (C=O) groups excluding carboxylic acids is 1. The van der Waals surface area contributed by atoms with E-state index in [9.17, 15) is 4.79 Å². The van der Waals surface area contributed by atoms with Gasteiger partial charge in [0, 0.05) is 0 Å². The average molecular weight is 278 g/mol. The van der Waals surface area contributed by atoms with Crippen molar-refractivity contribution in [2.75, 3.05) is 0 Å². The van der Waals surface area contributed by atoms with E-state index in [2.05, 4.69) is 31.9 Å². The third-order valence-corrected chi connectivity index (χ3v) is 2.53. The first kappa shape index (κ1) is 8.94. The van der Waals surface area contributed by atoms with Crippen molar-refractivity contribution in [1.29, 1.82) is 0 Å². The maximum Gasteiger partial charge on any atom is 0.206 e. The van der Waals surface area contributed by atoms with Gasteiger partial charge in [-0.1, -0.05) is 6.08 Å². The number of hydrogen-bond acceptors (Lipinski definition) is 1. The average Bonchev–Trinajstić information content (AvgIpc) is 1.99. The van der Waals surface area contributed by atoms with E-state index in [1.807, 2.05) is 13.0 Å². The van der Waals surface area contributed by atoms with E-state index in [1.165, 1.54) is 0 Å². The summed E-state index contributed by atoms with van der Waals surface area (Å²) < 4.78 is 1.19. The van der Waals surface area contributed by atoms with Crippen molar-refractivity contribution < 1.29 is 4.79 Å². The molecule has 58 valence electrons. The van der Waals surface area contributed by atoms with Crippen LogP contribution in [0.2, 0.25) is 0 Å². The van der Waals surface area contributed by atoms with E-state index in [1.54, 1.807) is 12.2 Å². The molecule has 0 fully saturated rings. The Morgan fingerprint density at radius 2 is 1.73 bits per heavy atom. The minimum absolute atomic E-state index is 0.00407. The lowest BCUT2D eigenvalue weighted by Gasteiger charge is -2.05. The third-order valence-electron chi connectivity index (χ3n) is 1.35. The molecule has 0 N–H and O–H groups in total. The molecule has 0 amide bonds. The van der Waals surface area contributed by atoms with Gasteiger partial charge in [0.2, 0.25) is 5.78 Å². The summed E-state index contributed by atoms with van der Waals surface area (Å²) in [7, 11) is 0. The third kappa shape index (κ3) is 1.91. The van der Waals surface area contributed by atoms with E-state index in [-0.39, 0.29) is 5.78 Å². The molecule has 0 aromatic carbocycles. The molecule has 0 unspecified atom stereocenters. The predicted octanol–water partition coefficient (Wildman–Crippen LogP) is 3.07. The van der Waals surface area contributed by atoms with E-state index in [0.29, 0.717) is 8.96 Å². The molecular formula is C8H6Br2O. The molecule has 0 heterocycles. The summed E-state index contributed by atoms with van der Waals surface area (Å²) in [6.45, 7) is 1.93. The molecule has 0 spiro atoms. The van der Waals surface area contributed by atoms with Gasteiger partial charge in [0.1, 0.15) is 0 Å². The van der Waals surface area contributed by atoms with Gasteiger partial charge in [-0.3, -0.25) is 4.79 Å². The summed E-state index contributed by atoms with van der Waals surface area (Å²) >= 11 is 6.35. The Morgan fingerprint density at radius 3 is 2.09 bits per heavy atom. The second-order valence-electron chi connectivity index (χ2n) is 2.10. The van der Waals surface area contributed by atoms with Gasteiger partial charge in [0.05, 0.1) is 8.96 Å². The summed E-state index contributed by atoms with van der Waals surface area (Å²) in [6.07, 6.45) is 5.54. The Morgan fingerprint density at radius 1 is 1.27 bits per heavy atom. The molecule has 0 bridgehead atoms. The van der Waals surface area contributed by atoms with Gasteiger partial charge >= 0.3 is 0 Å². The highest BCUT2D eigenvalue weighted by Crippen LogP contribution is 2.25. The highest BCUT2D eigenvalue weighted by atomic mass is 79.9. The van der Waals surface area contributed by atoms with Crippen LogP contribution < -0.4 is 0 Å². The van der Waals surface area contributed by atoms with Crippen molar-refractivity contribution >= 4 is 37.6 Å². The van der Waals surface area contributed by atoms with Crippen LogP contribution in [0.4, 0.5) is 0 Å². The summed E-state index contributed by atoms with van der Waals surface area (Å²) in [5.41, 5.74) is 1.03. The summed E-state index contributed by atoms with van der Waals surface area (Å²) in [4.78, 5) is 11.1. The van der Waals surface area contributed by atoms with Crippen LogP contribution >= 0.6 is 31.9 Å². The first-order valence-corrected chi connectivity index (χ1v) is 4.69. The van der Waals surface area contributed by atoms with E-state index in [4.69, 9.17) is 0 Å². The zero-order valence-corrected chi connectivity index (χ0v) is 9.07. The molecule has 0 aromatic heterocycles. The van der Waals surface area contributed by atoms with Crippen LogP contribution in [0.1, 0.15) is 6.92 Å². The monoisotopic (exact) mass is 276 g/mol. The van der Waals surface area contributed by atoms with Crippen molar-refractivity contribution in [1.82, 2.24) is 0 Å². The van der Waals surface area contributed by atoms with Gasteiger partial charge in [-0.05, 0) is 56.5 Å². The highest BCUT2D eigenvalue weighted by Gasteiger charge is 2.14. The topological polar surface area (TPSA) is 17.1 Å². The SMILES string of the molecule is CC=C1C=C(Br)C(=O)C(Br)=C1. The zero-order valence-electron chi connectivity index (χ0n) is 5.90. The number of rotatable bonds is 0. The van der Waals surface area contributed by atoms with Crippen molar-refractivity contribution in [3.63, 3.8) is 0 Å². The maximum atomic E-state index is 11.1. The van der Waals surface area contributed by atoms with Crippen LogP contribution in [0.15, 0.2) is 32.8 Å². The van der Waals surface area contributed by atoms with Crippen LogP contribution in [-0.2, 0) is 4.79 Å². The van der Waals surface area contributed by atoms with Crippen molar-refractivity contribution in [2.24, 2.45) is 0 Å². The molecular weight excluding hydrogens is 272 g/mol. The fourth-order valence-corrected chi connectivity index (χ4v) is 1.97. The fourth-order valence-electron chi connectivity index (χ4n) is 0.746. The van der Waals surface area contributed by atoms with E-state index in [0.717, 1.165) is 5.57 Å². The van der Waals surface area contributed by atoms with Gasteiger partial charge in [0.15, 0.2) is 0 Å². The molecule has 0 atom stereocenters. The van der Waals surface area contributed by atoms with Crippen molar-refractivity contribution in [3.05, 3.63) is 32.8 Å². The first-order valence-electron chi connectivity index (χ1n) is 3.10. The molecule has 3 heteroatoms. The van der Waals surface area contributed by atoms with Gasteiger partial charge in [0.25, 0.3) is 0 Å². The number of Topliss-reactive ketones (excluding diaryl/α,β-unsaturated/α-hetero) is 1. The second kappa shape index (κ2) is 3.50. The molecule has 0 saturated heterocycles. The van der Waals surface area contributed by atoms with Crippen LogP contribution in [0.3, 0.4) is 0 Å². The number of halogens is 2. The first-order chi connectivity index (χ1) is 5.15. The zero-order chi connectivity index (χ0) is 8.43. The fraction of sp³-hybridized carbons (Fsp3) is 0.125. The number of ketones is 1. The lowest BCUT2D eigenvalue weighted by molar-refractivity contribution is -0.110. The molecule has 0 aliphatic heterocycles. The normalized spacial score (nSPS) is 17.7. The summed E-state index contributed by atoms with van der Waals surface area (Å²) in [6, 6.07) is 0. The number of carbonyl (C=O) groups is 1. The van der Waals surface area contributed by atoms with Gasteiger partial charge < -0.3 is 0 Å². The van der Waals surface area contributed by atoms with Gasteiger partial charge in [-0.2, -0.15) is 0 Å². The Hall–Kier alpha value is -0.150. The predicted molar refractivity (Wildman–Crippen MR) is 52.8 cm³/mol. The van der Waals surface area contributed by atoms with Gasteiger partial charge in [-0.15, -0.1) is 0 Å². The number of hydrogen-bond donors (Lipinski definition) is 0. The Kier molecular flexibility index (Phi) is 2.84. The second-order valence-corrected chi connectivity index (χ2v) is 3.81. The maximum absolute atomic E-state index is 11.1. The molecule has 1 rings (SSSR count). The summed E-state index contributed by atoms with van der Waals surface area (Å²) in [5.74, 6) is -0.00407. The quantitative estimate of drug-likeness (QED) is 0.665. The van der Waals surface area contributed by atoms with Crippen LogP contribution in [0.5, 0.6) is 0 Å². The Balaban J connectivity index is 3.07. The van der Waals surface area contributed by atoms with Crippen molar-refractivity contribution in [2.45, 2.75) is 6.92 Å². The van der Waals surface area contributed by atoms with Crippen molar-refractivity contribution in [3.8, 4) is 0 Å². The lowest BCUT2D eigenvalue weighted by Crippen LogP contribution is -2.01. The standard InChI is InChI=1S/C8H6Br2O/c1-2-5-3-6(9)8(11)7(10)4-5/h2-4H,1H3. The van der Waals surface area contributed by atoms with E-state index >= 15 is 0 Å². The Labute approximate surface area is 82.1 Å².